The zero-order chi connectivity index (χ0) is 14.1. The van der Waals surface area contributed by atoms with Crippen LogP contribution in [0.1, 0.15) is 5.56 Å². The molecular weight excluding hydrogens is 356 g/mol. The predicted octanol–water partition coefficient (Wildman–Crippen LogP) is 3.12. The molecule has 0 fully saturated rings. The van der Waals surface area contributed by atoms with Gasteiger partial charge >= 0.3 is 0 Å². The van der Waals surface area contributed by atoms with Crippen molar-refractivity contribution < 1.29 is 0 Å². The van der Waals surface area contributed by atoms with Gasteiger partial charge < -0.3 is 0 Å². The van der Waals surface area contributed by atoms with Crippen LogP contribution in [0.2, 0.25) is 0 Å². The average molecular weight is 368 g/mol. The number of nitrogens with one attached hydrogen (secondary N) is 1. The second kappa shape index (κ2) is 6.24. The van der Waals surface area contributed by atoms with Crippen LogP contribution in [-0.2, 0) is 0 Å². The molecule has 0 spiro atoms. The van der Waals surface area contributed by atoms with E-state index in [9.17, 15) is 4.79 Å². The largest absolute Gasteiger partial charge is 0.296 e. The highest BCUT2D eigenvalue weighted by Crippen LogP contribution is 2.18. The summed E-state index contributed by atoms with van der Waals surface area (Å²) in [7, 11) is 0. The number of aryl methyl sites for hydroxylation is 1. The maximum atomic E-state index is 12.4. The van der Waals surface area contributed by atoms with Crippen molar-refractivity contribution in [1.29, 1.82) is 0 Å². The van der Waals surface area contributed by atoms with Crippen LogP contribution in [0.3, 0.4) is 0 Å². The lowest BCUT2D eigenvalue weighted by molar-refractivity contribution is 0.817. The van der Waals surface area contributed by atoms with Gasteiger partial charge in [0.25, 0.3) is 5.56 Å². The molecule has 7 heteroatoms. The summed E-state index contributed by atoms with van der Waals surface area (Å²) in [6, 6.07) is 5.59. The minimum absolute atomic E-state index is 0. The van der Waals surface area contributed by atoms with Gasteiger partial charge in [0, 0.05) is 34.8 Å². The van der Waals surface area contributed by atoms with E-state index in [1.807, 2.05) is 25.1 Å². The molecule has 0 saturated carbocycles. The van der Waals surface area contributed by atoms with Gasteiger partial charge in [0.05, 0.1) is 5.56 Å². The maximum Gasteiger partial charge on any atom is 0.280 e. The fourth-order valence-electron chi connectivity index (χ4n) is 1.95. The molecule has 0 amide bonds. The molecular formula is C14H12BrClN4O. The van der Waals surface area contributed by atoms with Gasteiger partial charge in [-0.3, -0.25) is 14.9 Å². The average Bonchev–Trinajstić information content (AvgIpc) is 2.80. The van der Waals surface area contributed by atoms with Crippen LogP contribution in [0.25, 0.3) is 16.9 Å². The number of aromatic amines is 1. The van der Waals surface area contributed by atoms with Gasteiger partial charge in [0.2, 0.25) is 0 Å². The Labute approximate surface area is 135 Å². The van der Waals surface area contributed by atoms with Crippen molar-refractivity contribution in [3.63, 3.8) is 0 Å². The first-order chi connectivity index (χ1) is 9.65. The molecule has 3 aromatic heterocycles. The topological polar surface area (TPSA) is 63.6 Å². The SMILES string of the molecule is Cc1ccnc(-n2[nH]cc(-c3cncc(Br)c3)c2=O)c1.Cl. The van der Waals surface area contributed by atoms with E-state index in [0.29, 0.717) is 11.4 Å². The highest BCUT2D eigenvalue weighted by Gasteiger charge is 2.11. The van der Waals surface area contributed by atoms with Crippen molar-refractivity contribution in [3.05, 3.63) is 63.4 Å². The lowest BCUT2D eigenvalue weighted by Crippen LogP contribution is -2.17. The van der Waals surface area contributed by atoms with Gasteiger partial charge in [-0.05, 0) is 46.6 Å². The van der Waals surface area contributed by atoms with Crippen molar-refractivity contribution in [2.24, 2.45) is 0 Å². The summed E-state index contributed by atoms with van der Waals surface area (Å²) in [5.74, 6) is 0.573. The lowest BCUT2D eigenvalue weighted by atomic mass is 10.2. The van der Waals surface area contributed by atoms with E-state index in [1.165, 1.54) is 4.68 Å². The van der Waals surface area contributed by atoms with Gasteiger partial charge in [-0.15, -0.1) is 12.4 Å². The Bertz CT molecular complexity index is 762. The Balaban J connectivity index is 0.00000161. The van der Waals surface area contributed by atoms with Crippen LogP contribution in [0.4, 0.5) is 0 Å². The van der Waals surface area contributed by atoms with E-state index in [2.05, 4.69) is 31.0 Å². The number of H-pyrrole nitrogens is 1. The Morgan fingerprint density at radius 3 is 2.81 bits per heavy atom. The third-order valence-electron chi connectivity index (χ3n) is 2.92. The third-order valence-corrected chi connectivity index (χ3v) is 3.35. The van der Waals surface area contributed by atoms with E-state index >= 15 is 0 Å². The first kappa shape index (κ1) is 15.5. The molecule has 0 saturated heterocycles. The number of hydrogen-bond acceptors (Lipinski definition) is 3. The third kappa shape index (κ3) is 3.06. The molecule has 108 valence electrons. The summed E-state index contributed by atoms with van der Waals surface area (Å²) in [6.07, 6.45) is 6.67. The maximum absolute atomic E-state index is 12.4. The van der Waals surface area contributed by atoms with Gasteiger partial charge in [0.15, 0.2) is 5.82 Å². The number of halogens is 2. The van der Waals surface area contributed by atoms with Crippen LogP contribution in [0, 0.1) is 6.92 Å². The zero-order valence-electron chi connectivity index (χ0n) is 11.1. The molecule has 0 aliphatic rings. The molecule has 1 N–H and O–H groups in total. The van der Waals surface area contributed by atoms with Gasteiger partial charge in [-0.1, -0.05) is 0 Å². The molecule has 0 bridgehead atoms. The fourth-order valence-corrected chi connectivity index (χ4v) is 2.31. The van der Waals surface area contributed by atoms with Gasteiger partial charge in [-0.2, -0.15) is 0 Å². The smallest absolute Gasteiger partial charge is 0.280 e. The van der Waals surface area contributed by atoms with E-state index in [-0.39, 0.29) is 18.0 Å². The summed E-state index contributed by atoms with van der Waals surface area (Å²) in [4.78, 5) is 20.7. The molecule has 0 aliphatic heterocycles. The van der Waals surface area contributed by atoms with Crippen LogP contribution < -0.4 is 5.56 Å². The van der Waals surface area contributed by atoms with Gasteiger partial charge in [-0.25, -0.2) is 9.67 Å². The number of pyridine rings is 2. The van der Waals surface area contributed by atoms with E-state index < -0.39 is 0 Å². The normalized spacial score (nSPS) is 10.2. The van der Waals surface area contributed by atoms with Crippen LogP contribution in [-0.4, -0.2) is 19.7 Å². The van der Waals surface area contributed by atoms with Crippen molar-refractivity contribution in [2.45, 2.75) is 6.92 Å². The molecule has 0 aromatic carbocycles. The van der Waals surface area contributed by atoms with Crippen LogP contribution in [0.5, 0.6) is 0 Å². The predicted molar refractivity (Wildman–Crippen MR) is 87.1 cm³/mol. The number of rotatable bonds is 2. The highest BCUT2D eigenvalue weighted by molar-refractivity contribution is 9.10. The summed E-state index contributed by atoms with van der Waals surface area (Å²) in [5, 5.41) is 2.93. The molecule has 3 rings (SSSR count). The second-order valence-corrected chi connectivity index (χ2v) is 5.33. The minimum atomic E-state index is -0.150. The molecule has 21 heavy (non-hydrogen) atoms. The van der Waals surface area contributed by atoms with E-state index in [4.69, 9.17) is 0 Å². The van der Waals surface area contributed by atoms with Crippen molar-refractivity contribution in [3.8, 4) is 16.9 Å². The minimum Gasteiger partial charge on any atom is -0.296 e. The number of aromatic nitrogens is 4. The van der Waals surface area contributed by atoms with Crippen molar-refractivity contribution in [2.75, 3.05) is 0 Å². The highest BCUT2D eigenvalue weighted by atomic mass is 79.9. The number of nitrogens with zero attached hydrogens (tertiary/aromatic N) is 3. The summed E-state index contributed by atoms with van der Waals surface area (Å²) >= 11 is 3.35. The van der Waals surface area contributed by atoms with Crippen LogP contribution in [0.15, 0.2) is 52.3 Å². The van der Waals surface area contributed by atoms with E-state index in [0.717, 1.165) is 15.6 Å². The molecule has 0 radical (unpaired) electrons. The second-order valence-electron chi connectivity index (χ2n) is 4.41. The molecule has 0 aliphatic carbocycles. The fraction of sp³-hybridized carbons (Fsp3) is 0.0714. The molecule has 0 atom stereocenters. The molecule has 5 nitrogen and oxygen atoms in total. The Morgan fingerprint density at radius 1 is 1.29 bits per heavy atom. The molecule has 3 aromatic rings. The lowest BCUT2D eigenvalue weighted by Gasteiger charge is -2.01. The summed E-state index contributed by atoms with van der Waals surface area (Å²) < 4.78 is 2.25. The zero-order valence-corrected chi connectivity index (χ0v) is 13.5. The standard InChI is InChI=1S/C14H11BrN4O.ClH/c1-9-2-3-17-13(4-9)19-14(20)12(8-18-19)10-5-11(15)7-16-6-10;/h2-8,18H,1H3;1H. The summed E-state index contributed by atoms with van der Waals surface area (Å²) in [5.41, 5.74) is 2.21. The Morgan fingerprint density at radius 2 is 2.10 bits per heavy atom. The number of hydrogen-bond donors (Lipinski definition) is 1. The summed E-state index contributed by atoms with van der Waals surface area (Å²) in [6.45, 7) is 1.96. The van der Waals surface area contributed by atoms with Crippen LogP contribution >= 0.6 is 28.3 Å². The first-order valence-corrected chi connectivity index (χ1v) is 6.79. The Kier molecular flexibility index (Phi) is 4.59. The first-order valence-electron chi connectivity index (χ1n) is 5.99. The molecule has 3 heterocycles. The van der Waals surface area contributed by atoms with Gasteiger partial charge in [0.1, 0.15) is 0 Å². The van der Waals surface area contributed by atoms with E-state index in [1.54, 1.807) is 24.8 Å². The Hall–Kier alpha value is -1.92. The monoisotopic (exact) mass is 366 g/mol. The van der Waals surface area contributed by atoms with Crippen molar-refractivity contribution in [1.82, 2.24) is 19.7 Å². The van der Waals surface area contributed by atoms with Crippen molar-refractivity contribution >= 4 is 28.3 Å². The molecule has 0 unspecified atom stereocenters. The quantitative estimate of drug-likeness (QED) is 0.757.